The summed E-state index contributed by atoms with van der Waals surface area (Å²) in [6.45, 7) is 1.68. The number of hydrogen-bond donors (Lipinski definition) is 1. The molecule has 0 saturated carbocycles. The molecule has 7 heteroatoms. The van der Waals surface area contributed by atoms with Gasteiger partial charge in [-0.05, 0) is 32.0 Å². The van der Waals surface area contributed by atoms with Gasteiger partial charge in [0.25, 0.3) is 0 Å². The zero-order valence-electron chi connectivity index (χ0n) is 11.7. The summed E-state index contributed by atoms with van der Waals surface area (Å²) in [6.07, 6.45) is -4.36. The SMILES string of the molecule is CC(C)N(CC(=O)Nc1cccc(C#N)c1)CC(F)(F)F. The molecule has 0 bridgehead atoms. The van der Waals surface area contributed by atoms with E-state index in [0.717, 1.165) is 4.90 Å². The van der Waals surface area contributed by atoms with Crippen molar-refractivity contribution in [3.8, 4) is 6.07 Å². The largest absolute Gasteiger partial charge is 0.401 e. The van der Waals surface area contributed by atoms with Gasteiger partial charge >= 0.3 is 6.18 Å². The number of benzene rings is 1. The average Bonchev–Trinajstić information content (AvgIpc) is 2.36. The number of nitriles is 1. The van der Waals surface area contributed by atoms with Crippen molar-refractivity contribution in [3.63, 3.8) is 0 Å². The van der Waals surface area contributed by atoms with E-state index in [1.54, 1.807) is 32.0 Å². The molecule has 4 nitrogen and oxygen atoms in total. The molecule has 0 aliphatic rings. The second kappa shape index (κ2) is 7.09. The molecule has 21 heavy (non-hydrogen) atoms. The van der Waals surface area contributed by atoms with Crippen LogP contribution in [-0.2, 0) is 4.79 Å². The van der Waals surface area contributed by atoms with Crippen LogP contribution in [0.2, 0.25) is 0 Å². The van der Waals surface area contributed by atoms with Gasteiger partial charge in [-0.15, -0.1) is 0 Å². The van der Waals surface area contributed by atoms with Gasteiger partial charge in [-0.3, -0.25) is 9.69 Å². The standard InChI is InChI=1S/C14H16F3N3O/c1-10(2)20(9-14(15,16)17)8-13(21)19-12-5-3-4-11(6-12)7-18/h3-6,10H,8-9H2,1-2H3,(H,19,21). The molecule has 0 atom stereocenters. The number of nitrogens with zero attached hydrogens (tertiary/aromatic N) is 2. The molecular weight excluding hydrogens is 283 g/mol. The molecule has 1 N–H and O–H groups in total. The van der Waals surface area contributed by atoms with Crippen molar-refractivity contribution in [1.82, 2.24) is 4.90 Å². The van der Waals surface area contributed by atoms with Crippen LogP contribution in [0.5, 0.6) is 0 Å². The second-order valence-electron chi connectivity index (χ2n) is 4.85. The van der Waals surface area contributed by atoms with Crippen molar-refractivity contribution >= 4 is 11.6 Å². The van der Waals surface area contributed by atoms with Crippen molar-refractivity contribution < 1.29 is 18.0 Å². The number of anilines is 1. The van der Waals surface area contributed by atoms with E-state index in [9.17, 15) is 18.0 Å². The van der Waals surface area contributed by atoms with Gasteiger partial charge in [0.05, 0.1) is 24.7 Å². The van der Waals surface area contributed by atoms with Crippen LogP contribution >= 0.6 is 0 Å². The third-order valence-electron chi connectivity index (χ3n) is 2.73. The Labute approximate surface area is 121 Å². The number of amides is 1. The van der Waals surface area contributed by atoms with Crippen LogP contribution in [0.4, 0.5) is 18.9 Å². The van der Waals surface area contributed by atoms with Crippen LogP contribution in [0, 0.1) is 11.3 Å². The lowest BCUT2D eigenvalue weighted by Gasteiger charge is -2.26. The van der Waals surface area contributed by atoms with E-state index in [1.807, 2.05) is 6.07 Å². The van der Waals surface area contributed by atoms with Gasteiger partial charge in [0, 0.05) is 11.7 Å². The Balaban J connectivity index is 2.68. The molecule has 0 spiro atoms. The lowest BCUT2D eigenvalue weighted by molar-refractivity contribution is -0.151. The van der Waals surface area contributed by atoms with Gasteiger partial charge in [0.15, 0.2) is 0 Å². The van der Waals surface area contributed by atoms with Crippen LogP contribution in [-0.4, -0.2) is 36.1 Å². The van der Waals surface area contributed by atoms with Crippen LogP contribution in [0.3, 0.4) is 0 Å². The van der Waals surface area contributed by atoms with E-state index in [4.69, 9.17) is 5.26 Å². The first-order chi connectivity index (χ1) is 9.71. The van der Waals surface area contributed by atoms with Crippen LogP contribution in [0.25, 0.3) is 0 Å². The number of halogens is 3. The maximum atomic E-state index is 12.4. The van der Waals surface area contributed by atoms with E-state index >= 15 is 0 Å². The number of hydrogen-bond acceptors (Lipinski definition) is 3. The summed E-state index contributed by atoms with van der Waals surface area (Å²) in [7, 11) is 0. The Morgan fingerprint density at radius 3 is 2.62 bits per heavy atom. The first-order valence-electron chi connectivity index (χ1n) is 6.32. The maximum absolute atomic E-state index is 12.4. The lowest BCUT2D eigenvalue weighted by Crippen LogP contribution is -2.43. The van der Waals surface area contributed by atoms with Crippen LogP contribution in [0.15, 0.2) is 24.3 Å². The van der Waals surface area contributed by atoms with Gasteiger partial charge in [-0.2, -0.15) is 18.4 Å². The Kier molecular flexibility index (Phi) is 5.73. The van der Waals surface area contributed by atoms with Crippen molar-refractivity contribution in [2.75, 3.05) is 18.4 Å². The first kappa shape index (κ1) is 17.0. The van der Waals surface area contributed by atoms with E-state index in [1.165, 1.54) is 6.07 Å². The highest BCUT2D eigenvalue weighted by Crippen LogP contribution is 2.18. The molecular formula is C14H16F3N3O. The predicted octanol–water partition coefficient (Wildman–Crippen LogP) is 2.77. The minimum Gasteiger partial charge on any atom is -0.325 e. The molecule has 0 heterocycles. The summed E-state index contributed by atoms with van der Waals surface area (Å²) < 4.78 is 37.3. The molecule has 1 aromatic rings. The zero-order chi connectivity index (χ0) is 16.0. The van der Waals surface area contributed by atoms with Crippen LogP contribution in [0.1, 0.15) is 19.4 Å². The number of alkyl halides is 3. The third kappa shape index (κ3) is 6.27. The van der Waals surface area contributed by atoms with Crippen LogP contribution < -0.4 is 5.32 Å². The Morgan fingerprint density at radius 1 is 1.43 bits per heavy atom. The number of nitrogens with one attached hydrogen (secondary N) is 1. The van der Waals surface area contributed by atoms with E-state index in [2.05, 4.69) is 5.32 Å². The molecule has 0 aromatic heterocycles. The summed E-state index contributed by atoms with van der Waals surface area (Å²) in [5.41, 5.74) is 0.749. The molecule has 0 aliphatic carbocycles. The van der Waals surface area contributed by atoms with Gasteiger partial charge in [-0.25, -0.2) is 0 Å². The monoisotopic (exact) mass is 299 g/mol. The van der Waals surface area contributed by atoms with Crippen molar-refractivity contribution in [2.45, 2.75) is 26.1 Å². The number of carbonyl (C=O) groups excluding carboxylic acids is 1. The smallest absolute Gasteiger partial charge is 0.325 e. The van der Waals surface area contributed by atoms with E-state index in [0.29, 0.717) is 11.3 Å². The summed E-state index contributed by atoms with van der Waals surface area (Å²) in [5, 5.41) is 11.2. The van der Waals surface area contributed by atoms with E-state index in [-0.39, 0.29) is 6.54 Å². The molecule has 1 amide bonds. The molecule has 0 unspecified atom stereocenters. The summed E-state index contributed by atoms with van der Waals surface area (Å²) >= 11 is 0. The van der Waals surface area contributed by atoms with Gasteiger partial charge in [0.2, 0.25) is 5.91 Å². The van der Waals surface area contributed by atoms with Crippen molar-refractivity contribution in [2.24, 2.45) is 0 Å². The van der Waals surface area contributed by atoms with Gasteiger partial charge < -0.3 is 5.32 Å². The summed E-state index contributed by atoms with van der Waals surface area (Å²) in [5.74, 6) is -0.553. The molecule has 0 aliphatic heterocycles. The van der Waals surface area contributed by atoms with E-state index < -0.39 is 24.7 Å². The third-order valence-corrected chi connectivity index (χ3v) is 2.73. The first-order valence-corrected chi connectivity index (χ1v) is 6.32. The zero-order valence-corrected chi connectivity index (χ0v) is 11.7. The molecule has 1 aromatic carbocycles. The highest BCUT2D eigenvalue weighted by molar-refractivity contribution is 5.92. The summed E-state index contributed by atoms with van der Waals surface area (Å²) in [4.78, 5) is 12.8. The number of rotatable bonds is 5. The fourth-order valence-electron chi connectivity index (χ4n) is 1.70. The Hall–Kier alpha value is -2.07. The maximum Gasteiger partial charge on any atom is 0.401 e. The average molecular weight is 299 g/mol. The van der Waals surface area contributed by atoms with Gasteiger partial charge in [0.1, 0.15) is 0 Å². The molecule has 0 fully saturated rings. The minimum atomic E-state index is -4.36. The van der Waals surface area contributed by atoms with Gasteiger partial charge in [-0.1, -0.05) is 6.07 Å². The second-order valence-corrected chi connectivity index (χ2v) is 4.85. The molecule has 114 valence electrons. The van der Waals surface area contributed by atoms with Crippen molar-refractivity contribution in [1.29, 1.82) is 5.26 Å². The summed E-state index contributed by atoms with van der Waals surface area (Å²) in [6, 6.07) is 7.69. The fourth-order valence-corrected chi connectivity index (χ4v) is 1.70. The number of carbonyl (C=O) groups is 1. The highest BCUT2D eigenvalue weighted by Gasteiger charge is 2.32. The minimum absolute atomic E-state index is 0.365. The lowest BCUT2D eigenvalue weighted by atomic mass is 10.2. The molecule has 0 radical (unpaired) electrons. The van der Waals surface area contributed by atoms with Crippen molar-refractivity contribution in [3.05, 3.63) is 29.8 Å². The quantitative estimate of drug-likeness (QED) is 0.909. The predicted molar refractivity (Wildman–Crippen MR) is 72.6 cm³/mol. The molecule has 0 saturated heterocycles. The fraction of sp³-hybridized carbons (Fsp3) is 0.429. The Morgan fingerprint density at radius 2 is 2.10 bits per heavy atom. The molecule has 1 rings (SSSR count). The normalized spacial score (nSPS) is 11.5. The topological polar surface area (TPSA) is 56.1 Å². The Bertz CT molecular complexity index is 535. The highest BCUT2D eigenvalue weighted by atomic mass is 19.4.